The van der Waals surface area contributed by atoms with Crippen molar-refractivity contribution in [1.29, 1.82) is 0 Å². The van der Waals surface area contributed by atoms with Crippen LogP contribution in [0.4, 0.5) is 0 Å². The topological polar surface area (TPSA) is 42.4 Å². The number of aliphatic hydroxyl groups excluding tert-OH is 1. The summed E-state index contributed by atoms with van der Waals surface area (Å²) in [6.45, 7) is 1.80. The van der Waals surface area contributed by atoms with Gasteiger partial charge in [-0.05, 0) is 48.2 Å². The minimum absolute atomic E-state index is 0.124. The number of fused-ring (bicyclic) bond motifs is 1. The summed E-state index contributed by atoms with van der Waals surface area (Å²) in [5.41, 5.74) is 1.52. The van der Waals surface area contributed by atoms with Crippen molar-refractivity contribution >= 4 is 22.4 Å². The number of aryl methyl sites for hydroxylation is 1. The molecule has 1 N–H and O–H groups in total. The van der Waals surface area contributed by atoms with Crippen LogP contribution in [0.5, 0.6) is 11.6 Å². The largest absolute Gasteiger partial charge is 0.438 e. The van der Waals surface area contributed by atoms with E-state index in [2.05, 4.69) is 4.98 Å². The van der Waals surface area contributed by atoms with Crippen molar-refractivity contribution in [2.24, 2.45) is 0 Å². The third-order valence-electron chi connectivity index (χ3n) is 3.26. The fraction of sp³-hybridized carbons (Fsp3) is 0.118. The van der Waals surface area contributed by atoms with Crippen LogP contribution in [0.2, 0.25) is 5.02 Å². The van der Waals surface area contributed by atoms with Gasteiger partial charge in [-0.2, -0.15) is 0 Å². The molecule has 0 radical (unpaired) electrons. The highest BCUT2D eigenvalue weighted by Gasteiger charge is 2.08. The number of rotatable bonds is 3. The maximum absolute atomic E-state index is 9.33. The van der Waals surface area contributed by atoms with Gasteiger partial charge < -0.3 is 9.84 Å². The molecule has 0 bridgehead atoms. The molecule has 3 nitrogen and oxygen atoms in total. The molecule has 0 amide bonds. The summed E-state index contributed by atoms with van der Waals surface area (Å²) in [6, 6.07) is 15.1. The molecule has 21 heavy (non-hydrogen) atoms. The maximum atomic E-state index is 9.33. The van der Waals surface area contributed by atoms with Crippen molar-refractivity contribution in [2.45, 2.75) is 13.5 Å². The quantitative estimate of drug-likeness (QED) is 0.775. The Balaban J connectivity index is 2.08. The number of nitrogens with zero attached hydrogens (tertiary/aromatic N) is 1. The van der Waals surface area contributed by atoms with Crippen LogP contribution in [0.1, 0.15) is 11.3 Å². The van der Waals surface area contributed by atoms with E-state index in [9.17, 15) is 5.11 Å². The summed E-state index contributed by atoms with van der Waals surface area (Å²) in [4.78, 5) is 4.36. The molecule has 2 aromatic carbocycles. The number of hydrogen-bond acceptors (Lipinski definition) is 3. The predicted molar refractivity (Wildman–Crippen MR) is 83.9 cm³/mol. The Morgan fingerprint density at radius 3 is 2.71 bits per heavy atom. The number of aliphatic hydroxyl groups is 1. The van der Waals surface area contributed by atoms with E-state index in [1.165, 1.54) is 0 Å². The maximum Gasteiger partial charge on any atom is 0.227 e. The van der Waals surface area contributed by atoms with Gasteiger partial charge in [-0.15, -0.1) is 0 Å². The van der Waals surface area contributed by atoms with Crippen LogP contribution in [0.25, 0.3) is 10.8 Å². The first-order valence-electron chi connectivity index (χ1n) is 6.61. The van der Waals surface area contributed by atoms with E-state index in [4.69, 9.17) is 16.3 Å². The molecule has 0 atom stereocenters. The number of hydrogen-bond donors (Lipinski definition) is 1. The van der Waals surface area contributed by atoms with E-state index >= 15 is 0 Å². The van der Waals surface area contributed by atoms with Crippen LogP contribution in [0.3, 0.4) is 0 Å². The molecule has 3 aromatic rings. The minimum atomic E-state index is -0.124. The number of pyridine rings is 1. The SMILES string of the molecule is Cc1cc(Oc2nc(CO)cc3ccccc23)ccc1Cl. The van der Waals surface area contributed by atoms with Crippen molar-refractivity contribution in [3.63, 3.8) is 0 Å². The monoisotopic (exact) mass is 299 g/mol. The van der Waals surface area contributed by atoms with Gasteiger partial charge in [-0.3, -0.25) is 0 Å². The lowest BCUT2D eigenvalue weighted by molar-refractivity contribution is 0.275. The van der Waals surface area contributed by atoms with E-state index in [0.717, 1.165) is 16.3 Å². The van der Waals surface area contributed by atoms with E-state index < -0.39 is 0 Å². The molecule has 0 spiro atoms. The Morgan fingerprint density at radius 2 is 1.95 bits per heavy atom. The van der Waals surface area contributed by atoms with E-state index in [-0.39, 0.29) is 6.61 Å². The van der Waals surface area contributed by atoms with Crippen LogP contribution in [-0.2, 0) is 6.61 Å². The Hall–Kier alpha value is -2.10. The third-order valence-corrected chi connectivity index (χ3v) is 3.69. The van der Waals surface area contributed by atoms with Gasteiger partial charge in [0.1, 0.15) is 5.75 Å². The average Bonchev–Trinajstić information content (AvgIpc) is 2.51. The van der Waals surface area contributed by atoms with Crippen molar-refractivity contribution in [2.75, 3.05) is 0 Å². The van der Waals surface area contributed by atoms with Crippen LogP contribution in [-0.4, -0.2) is 10.1 Å². The van der Waals surface area contributed by atoms with Gasteiger partial charge >= 0.3 is 0 Å². The third kappa shape index (κ3) is 2.84. The zero-order valence-electron chi connectivity index (χ0n) is 11.5. The molecular formula is C17H14ClNO2. The predicted octanol–water partition coefficient (Wildman–Crippen LogP) is 4.48. The van der Waals surface area contributed by atoms with E-state index in [1.54, 1.807) is 12.1 Å². The molecule has 0 saturated heterocycles. The fourth-order valence-electron chi connectivity index (χ4n) is 2.17. The Kier molecular flexibility index (Phi) is 3.78. The molecule has 0 aliphatic carbocycles. The van der Waals surface area contributed by atoms with Crippen molar-refractivity contribution < 1.29 is 9.84 Å². The molecular weight excluding hydrogens is 286 g/mol. The highest BCUT2D eigenvalue weighted by Crippen LogP contribution is 2.30. The number of aromatic nitrogens is 1. The molecule has 0 unspecified atom stereocenters. The molecule has 0 aliphatic heterocycles. The summed E-state index contributed by atoms with van der Waals surface area (Å²) < 4.78 is 5.89. The molecule has 1 heterocycles. The molecule has 3 rings (SSSR count). The normalized spacial score (nSPS) is 10.8. The average molecular weight is 300 g/mol. The zero-order chi connectivity index (χ0) is 14.8. The van der Waals surface area contributed by atoms with Crippen LogP contribution in [0.15, 0.2) is 48.5 Å². The lowest BCUT2D eigenvalue weighted by atomic mass is 10.1. The van der Waals surface area contributed by atoms with Crippen molar-refractivity contribution in [3.05, 3.63) is 64.8 Å². The molecule has 0 fully saturated rings. The van der Waals surface area contributed by atoms with E-state index in [0.29, 0.717) is 22.3 Å². The van der Waals surface area contributed by atoms with Gasteiger partial charge in [-0.1, -0.05) is 29.8 Å². The minimum Gasteiger partial charge on any atom is -0.438 e. The summed E-state index contributed by atoms with van der Waals surface area (Å²) >= 11 is 6.02. The van der Waals surface area contributed by atoms with Gasteiger partial charge in [0.05, 0.1) is 12.3 Å². The number of benzene rings is 2. The van der Waals surface area contributed by atoms with Crippen LogP contribution in [0, 0.1) is 6.92 Å². The van der Waals surface area contributed by atoms with Crippen LogP contribution >= 0.6 is 11.6 Å². The first-order chi connectivity index (χ1) is 10.2. The Morgan fingerprint density at radius 1 is 1.14 bits per heavy atom. The smallest absolute Gasteiger partial charge is 0.227 e. The van der Waals surface area contributed by atoms with E-state index in [1.807, 2.05) is 43.3 Å². The molecule has 106 valence electrons. The summed E-state index contributed by atoms with van der Waals surface area (Å²) in [7, 11) is 0. The summed E-state index contributed by atoms with van der Waals surface area (Å²) in [6.07, 6.45) is 0. The zero-order valence-corrected chi connectivity index (χ0v) is 12.3. The van der Waals surface area contributed by atoms with Gasteiger partial charge in [-0.25, -0.2) is 4.98 Å². The second kappa shape index (κ2) is 5.72. The molecule has 4 heteroatoms. The van der Waals surface area contributed by atoms with Gasteiger partial charge in [0.15, 0.2) is 0 Å². The number of ether oxygens (including phenoxy) is 1. The first-order valence-corrected chi connectivity index (χ1v) is 6.98. The highest BCUT2D eigenvalue weighted by atomic mass is 35.5. The lowest BCUT2D eigenvalue weighted by Gasteiger charge is -2.10. The molecule has 1 aromatic heterocycles. The lowest BCUT2D eigenvalue weighted by Crippen LogP contribution is -1.95. The standard InChI is InChI=1S/C17H14ClNO2/c1-11-8-14(6-7-16(11)18)21-17-15-5-3-2-4-12(15)9-13(10-20)19-17/h2-9,20H,10H2,1H3. The van der Waals surface area contributed by atoms with Crippen molar-refractivity contribution in [3.8, 4) is 11.6 Å². The second-order valence-electron chi connectivity index (χ2n) is 4.81. The van der Waals surface area contributed by atoms with Crippen molar-refractivity contribution in [1.82, 2.24) is 4.98 Å². The Bertz CT molecular complexity index is 802. The summed E-state index contributed by atoms with van der Waals surface area (Å²) in [5.74, 6) is 1.16. The fourth-order valence-corrected chi connectivity index (χ4v) is 2.29. The first kappa shape index (κ1) is 13.9. The number of halogens is 1. The Labute approximate surface area is 127 Å². The van der Waals surface area contributed by atoms with Gasteiger partial charge in [0, 0.05) is 10.4 Å². The molecule has 0 saturated carbocycles. The second-order valence-corrected chi connectivity index (χ2v) is 5.22. The highest BCUT2D eigenvalue weighted by molar-refractivity contribution is 6.31. The summed E-state index contributed by atoms with van der Waals surface area (Å²) in [5, 5.41) is 11.9. The van der Waals surface area contributed by atoms with Crippen LogP contribution < -0.4 is 4.74 Å². The molecule has 0 aliphatic rings. The van der Waals surface area contributed by atoms with Gasteiger partial charge in [0.2, 0.25) is 5.88 Å². The van der Waals surface area contributed by atoms with Gasteiger partial charge in [0.25, 0.3) is 0 Å².